The zero-order chi connectivity index (χ0) is 10.5. The van der Waals surface area contributed by atoms with Crippen LogP contribution in [0.25, 0.3) is 0 Å². The predicted molar refractivity (Wildman–Crippen MR) is 61.6 cm³/mol. The normalized spacial score (nSPS) is 19.1. The first-order valence-corrected chi connectivity index (χ1v) is 5.36. The van der Waals surface area contributed by atoms with Crippen molar-refractivity contribution >= 4 is 11.6 Å². The van der Waals surface area contributed by atoms with Crippen molar-refractivity contribution in [3.8, 4) is 0 Å². The number of rotatable bonds is 3. The Hall–Kier alpha value is -1.57. The number of amides is 1. The summed E-state index contributed by atoms with van der Waals surface area (Å²) in [5.41, 5.74) is 0.879. The summed E-state index contributed by atoms with van der Waals surface area (Å²) < 4.78 is 0. The van der Waals surface area contributed by atoms with Gasteiger partial charge < -0.3 is 5.32 Å². The summed E-state index contributed by atoms with van der Waals surface area (Å²) in [7, 11) is 0. The zero-order valence-electron chi connectivity index (χ0n) is 8.65. The van der Waals surface area contributed by atoms with Crippen molar-refractivity contribution in [3.05, 3.63) is 42.5 Å². The Morgan fingerprint density at radius 3 is 2.80 bits per heavy atom. The molecular formula is C13H15NO. The topological polar surface area (TPSA) is 29.1 Å². The fraction of sp³-hybridized carbons (Fsp3) is 0.308. The van der Waals surface area contributed by atoms with Crippen LogP contribution >= 0.6 is 0 Å². The van der Waals surface area contributed by atoms with E-state index in [9.17, 15) is 4.79 Å². The molecule has 1 amide bonds. The predicted octanol–water partition coefficient (Wildman–Crippen LogP) is 2.98. The summed E-state index contributed by atoms with van der Waals surface area (Å²) in [5.74, 6) is 0.548. The van der Waals surface area contributed by atoms with Gasteiger partial charge in [0.05, 0.1) is 0 Å². The van der Waals surface area contributed by atoms with E-state index < -0.39 is 0 Å². The van der Waals surface area contributed by atoms with E-state index in [1.54, 1.807) is 0 Å². The average Bonchev–Trinajstić information content (AvgIpc) is 2.71. The molecule has 1 aromatic carbocycles. The first-order chi connectivity index (χ1) is 7.34. The molecule has 0 spiro atoms. The van der Waals surface area contributed by atoms with Crippen LogP contribution in [0.1, 0.15) is 19.3 Å². The molecule has 78 valence electrons. The lowest BCUT2D eigenvalue weighted by Crippen LogP contribution is -2.14. The third-order valence-corrected chi connectivity index (χ3v) is 2.62. The standard InChI is InChI=1S/C13H15NO/c15-13(10-11-6-4-5-7-11)14-12-8-2-1-3-9-12/h1-4,6,8-9,11H,5,7,10H2,(H,14,15). The lowest BCUT2D eigenvalue weighted by Gasteiger charge is -2.08. The molecule has 1 unspecified atom stereocenters. The Labute approximate surface area is 90.0 Å². The highest BCUT2D eigenvalue weighted by atomic mass is 16.1. The minimum Gasteiger partial charge on any atom is -0.326 e. The molecule has 0 aromatic heterocycles. The molecule has 2 nitrogen and oxygen atoms in total. The van der Waals surface area contributed by atoms with Crippen LogP contribution < -0.4 is 5.32 Å². The lowest BCUT2D eigenvalue weighted by molar-refractivity contribution is -0.116. The van der Waals surface area contributed by atoms with Gasteiger partial charge in [-0.15, -0.1) is 0 Å². The molecule has 1 aromatic rings. The van der Waals surface area contributed by atoms with Crippen molar-refractivity contribution < 1.29 is 4.79 Å². The van der Waals surface area contributed by atoms with E-state index in [1.807, 2.05) is 30.3 Å². The Kier molecular flexibility index (Phi) is 3.18. The second-order valence-electron chi connectivity index (χ2n) is 3.88. The largest absolute Gasteiger partial charge is 0.326 e. The molecular weight excluding hydrogens is 186 g/mol. The lowest BCUT2D eigenvalue weighted by atomic mass is 10.1. The van der Waals surface area contributed by atoms with E-state index in [0.29, 0.717) is 12.3 Å². The Morgan fingerprint density at radius 1 is 1.33 bits per heavy atom. The van der Waals surface area contributed by atoms with Crippen LogP contribution in [0.3, 0.4) is 0 Å². The van der Waals surface area contributed by atoms with Crippen LogP contribution in [0, 0.1) is 5.92 Å². The van der Waals surface area contributed by atoms with Crippen molar-refractivity contribution in [3.63, 3.8) is 0 Å². The number of hydrogen-bond donors (Lipinski definition) is 1. The highest BCUT2D eigenvalue weighted by Crippen LogP contribution is 2.20. The van der Waals surface area contributed by atoms with Crippen molar-refractivity contribution in [1.29, 1.82) is 0 Å². The van der Waals surface area contributed by atoms with Gasteiger partial charge in [-0.25, -0.2) is 0 Å². The minimum absolute atomic E-state index is 0.109. The molecule has 1 N–H and O–H groups in total. The fourth-order valence-corrected chi connectivity index (χ4v) is 1.84. The van der Waals surface area contributed by atoms with Crippen LogP contribution in [-0.2, 0) is 4.79 Å². The number of allylic oxidation sites excluding steroid dienone is 2. The van der Waals surface area contributed by atoms with Gasteiger partial charge >= 0.3 is 0 Å². The summed E-state index contributed by atoms with van der Waals surface area (Å²) >= 11 is 0. The summed E-state index contributed by atoms with van der Waals surface area (Å²) in [6.07, 6.45) is 7.13. The number of carbonyl (C=O) groups is 1. The number of benzene rings is 1. The Morgan fingerprint density at radius 2 is 2.13 bits per heavy atom. The van der Waals surface area contributed by atoms with Crippen LogP contribution in [-0.4, -0.2) is 5.91 Å². The first kappa shape index (κ1) is 9.97. The van der Waals surface area contributed by atoms with E-state index in [1.165, 1.54) is 0 Å². The maximum atomic E-state index is 11.6. The quantitative estimate of drug-likeness (QED) is 0.748. The van der Waals surface area contributed by atoms with Crippen LogP contribution in [0.5, 0.6) is 0 Å². The highest BCUT2D eigenvalue weighted by molar-refractivity contribution is 5.90. The van der Waals surface area contributed by atoms with E-state index in [2.05, 4.69) is 17.5 Å². The molecule has 0 heterocycles. The maximum Gasteiger partial charge on any atom is 0.224 e. The van der Waals surface area contributed by atoms with E-state index in [-0.39, 0.29) is 5.91 Å². The summed E-state index contributed by atoms with van der Waals surface area (Å²) in [6, 6.07) is 9.59. The van der Waals surface area contributed by atoms with Gasteiger partial charge in [0, 0.05) is 12.1 Å². The van der Waals surface area contributed by atoms with Crippen LogP contribution in [0.2, 0.25) is 0 Å². The zero-order valence-corrected chi connectivity index (χ0v) is 8.65. The van der Waals surface area contributed by atoms with Crippen molar-refractivity contribution in [2.75, 3.05) is 5.32 Å². The maximum absolute atomic E-state index is 11.6. The van der Waals surface area contributed by atoms with E-state index in [0.717, 1.165) is 18.5 Å². The molecule has 2 heteroatoms. The molecule has 1 aliphatic rings. The molecule has 0 saturated carbocycles. The molecule has 1 atom stereocenters. The van der Waals surface area contributed by atoms with Crippen molar-refractivity contribution in [2.45, 2.75) is 19.3 Å². The van der Waals surface area contributed by atoms with Gasteiger partial charge in [0.25, 0.3) is 0 Å². The Balaban J connectivity index is 1.84. The van der Waals surface area contributed by atoms with Gasteiger partial charge in [-0.05, 0) is 30.9 Å². The molecule has 1 aliphatic carbocycles. The summed E-state index contributed by atoms with van der Waals surface area (Å²) in [4.78, 5) is 11.6. The summed E-state index contributed by atoms with van der Waals surface area (Å²) in [6.45, 7) is 0. The van der Waals surface area contributed by atoms with Crippen LogP contribution in [0.4, 0.5) is 5.69 Å². The average molecular weight is 201 g/mol. The van der Waals surface area contributed by atoms with Gasteiger partial charge in [0.15, 0.2) is 0 Å². The highest BCUT2D eigenvalue weighted by Gasteiger charge is 2.13. The summed E-state index contributed by atoms with van der Waals surface area (Å²) in [5, 5.41) is 2.90. The second-order valence-corrected chi connectivity index (χ2v) is 3.88. The van der Waals surface area contributed by atoms with Gasteiger partial charge in [-0.1, -0.05) is 30.4 Å². The van der Waals surface area contributed by atoms with Gasteiger partial charge in [-0.2, -0.15) is 0 Å². The molecule has 0 saturated heterocycles. The van der Waals surface area contributed by atoms with Gasteiger partial charge in [0.2, 0.25) is 5.91 Å². The minimum atomic E-state index is 0.109. The molecule has 0 radical (unpaired) electrons. The third kappa shape index (κ3) is 2.94. The number of hydrogen-bond acceptors (Lipinski definition) is 1. The van der Waals surface area contributed by atoms with Crippen LogP contribution in [0.15, 0.2) is 42.5 Å². The molecule has 0 aliphatic heterocycles. The Bertz CT molecular complexity index is 356. The second kappa shape index (κ2) is 4.78. The van der Waals surface area contributed by atoms with E-state index in [4.69, 9.17) is 0 Å². The molecule has 2 rings (SSSR count). The van der Waals surface area contributed by atoms with E-state index >= 15 is 0 Å². The number of anilines is 1. The van der Waals surface area contributed by atoms with Crippen molar-refractivity contribution in [2.24, 2.45) is 5.92 Å². The number of para-hydroxylation sites is 1. The first-order valence-electron chi connectivity index (χ1n) is 5.36. The number of nitrogens with one attached hydrogen (secondary N) is 1. The molecule has 15 heavy (non-hydrogen) atoms. The smallest absolute Gasteiger partial charge is 0.224 e. The van der Waals surface area contributed by atoms with Gasteiger partial charge in [-0.3, -0.25) is 4.79 Å². The fourth-order valence-electron chi connectivity index (χ4n) is 1.84. The monoisotopic (exact) mass is 201 g/mol. The third-order valence-electron chi connectivity index (χ3n) is 2.62. The SMILES string of the molecule is O=C(CC1C=CCC1)Nc1ccccc1. The van der Waals surface area contributed by atoms with Crippen molar-refractivity contribution in [1.82, 2.24) is 0 Å². The molecule has 0 bridgehead atoms. The van der Waals surface area contributed by atoms with Gasteiger partial charge in [0.1, 0.15) is 0 Å². The number of carbonyl (C=O) groups excluding carboxylic acids is 1. The molecule has 0 fully saturated rings.